The molecule has 7 nitrogen and oxygen atoms in total. The molecule has 0 spiro atoms. The van der Waals surface area contributed by atoms with E-state index in [1.165, 1.54) is 6.20 Å². The summed E-state index contributed by atoms with van der Waals surface area (Å²) in [6.07, 6.45) is 1.34. The molecule has 0 unspecified atom stereocenters. The zero-order chi connectivity index (χ0) is 19.6. The lowest BCUT2D eigenvalue weighted by Crippen LogP contribution is -2.15. The fraction of sp³-hybridized carbons (Fsp3) is 0.158. The minimum atomic E-state index is -3.70. The maximum absolute atomic E-state index is 12.6. The summed E-state index contributed by atoms with van der Waals surface area (Å²) < 4.78 is 32.7. The largest absolute Gasteiger partial charge is 0.361 e. The second kappa shape index (κ2) is 7.24. The average Bonchev–Trinajstić information content (AvgIpc) is 3.04. The zero-order valence-electron chi connectivity index (χ0n) is 15.1. The van der Waals surface area contributed by atoms with Crippen molar-refractivity contribution in [2.24, 2.45) is 0 Å². The molecule has 0 aliphatic carbocycles. The van der Waals surface area contributed by atoms with E-state index in [1.54, 1.807) is 50.2 Å². The van der Waals surface area contributed by atoms with Crippen LogP contribution in [0.3, 0.4) is 0 Å². The van der Waals surface area contributed by atoms with Crippen molar-refractivity contribution in [2.75, 3.05) is 10.0 Å². The molecule has 1 amide bonds. The number of anilines is 2. The molecule has 0 saturated carbocycles. The Morgan fingerprint density at radius 2 is 1.67 bits per heavy atom. The fourth-order valence-corrected chi connectivity index (χ4v) is 3.93. The van der Waals surface area contributed by atoms with Gasteiger partial charge in [0.2, 0.25) is 0 Å². The molecule has 3 rings (SSSR count). The summed E-state index contributed by atoms with van der Waals surface area (Å²) in [5.41, 5.74) is 2.80. The third-order valence-electron chi connectivity index (χ3n) is 4.02. The number of hydrogen-bond donors (Lipinski definition) is 2. The van der Waals surface area contributed by atoms with Crippen LogP contribution in [0, 0.1) is 20.8 Å². The van der Waals surface area contributed by atoms with Crippen molar-refractivity contribution >= 4 is 27.3 Å². The number of carbonyl (C=O) groups is 1. The Morgan fingerprint density at radius 1 is 1.00 bits per heavy atom. The average molecular weight is 385 g/mol. The van der Waals surface area contributed by atoms with Gasteiger partial charge in [0.1, 0.15) is 11.3 Å². The van der Waals surface area contributed by atoms with Crippen molar-refractivity contribution in [2.45, 2.75) is 25.7 Å². The van der Waals surface area contributed by atoms with Crippen LogP contribution in [0.25, 0.3) is 0 Å². The number of rotatable bonds is 5. The summed E-state index contributed by atoms with van der Waals surface area (Å²) in [5, 5.41) is 6.28. The Bertz CT molecular complexity index is 1090. The first kappa shape index (κ1) is 18.7. The molecule has 0 fully saturated rings. The molecule has 3 aromatic rings. The second-order valence-corrected chi connectivity index (χ2v) is 7.85. The van der Waals surface area contributed by atoms with Gasteiger partial charge in [0.15, 0.2) is 0 Å². The van der Waals surface area contributed by atoms with Gasteiger partial charge in [-0.05, 0) is 62.2 Å². The topological polar surface area (TPSA) is 101 Å². The minimum Gasteiger partial charge on any atom is -0.361 e. The Balaban J connectivity index is 1.75. The standard InChI is InChI=1S/C19H19N3O4S/c1-12-4-5-13(2)18(10-12)27(24,25)22-16-8-6-15(7-9-16)21-19(23)17-11-20-26-14(17)3/h4-11,22H,1-3H3,(H,21,23). The molecule has 0 aliphatic rings. The Morgan fingerprint density at radius 3 is 2.30 bits per heavy atom. The predicted octanol–water partition coefficient (Wildman–Crippen LogP) is 3.65. The molecule has 140 valence electrons. The zero-order valence-corrected chi connectivity index (χ0v) is 15.9. The molecule has 0 bridgehead atoms. The van der Waals surface area contributed by atoms with Crippen molar-refractivity contribution in [3.05, 3.63) is 71.1 Å². The summed E-state index contributed by atoms with van der Waals surface area (Å²) in [5.74, 6) is 0.0721. The highest BCUT2D eigenvalue weighted by atomic mass is 32.2. The molecule has 27 heavy (non-hydrogen) atoms. The van der Waals surface area contributed by atoms with Gasteiger partial charge in [-0.2, -0.15) is 0 Å². The van der Waals surface area contributed by atoms with E-state index in [0.717, 1.165) is 5.56 Å². The first-order valence-corrected chi connectivity index (χ1v) is 9.67. The van der Waals surface area contributed by atoms with Gasteiger partial charge in [0.05, 0.1) is 11.1 Å². The van der Waals surface area contributed by atoms with Crippen LogP contribution in [0.1, 0.15) is 27.2 Å². The number of nitrogens with one attached hydrogen (secondary N) is 2. The second-order valence-electron chi connectivity index (χ2n) is 6.20. The van der Waals surface area contributed by atoms with Gasteiger partial charge in [-0.25, -0.2) is 8.42 Å². The van der Waals surface area contributed by atoms with Gasteiger partial charge < -0.3 is 9.84 Å². The van der Waals surface area contributed by atoms with Gasteiger partial charge in [-0.3, -0.25) is 9.52 Å². The van der Waals surface area contributed by atoms with Crippen molar-refractivity contribution < 1.29 is 17.7 Å². The first-order chi connectivity index (χ1) is 12.8. The number of amides is 1. The molecule has 8 heteroatoms. The summed E-state index contributed by atoms with van der Waals surface area (Å²) in [4.78, 5) is 12.4. The van der Waals surface area contributed by atoms with Crippen LogP contribution in [-0.2, 0) is 10.0 Å². The number of benzene rings is 2. The number of carbonyl (C=O) groups excluding carboxylic acids is 1. The number of hydrogen-bond acceptors (Lipinski definition) is 5. The van der Waals surface area contributed by atoms with Crippen molar-refractivity contribution in [1.29, 1.82) is 0 Å². The van der Waals surface area contributed by atoms with E-state index in [4.69, 9.17) is 4.52 Å². The maximum atomic E-state index is 12.6. The molecule has 0 saturated heterocycles. The highest BCUT2D eigenvalue weighted by Crippen LogP contribution is 2.22. The monoisotopic (exact) mass is 385 g/mol. The Hall–Kier alpha value is -3.13. The van der Waals surface area contributed by atoms with E-state index in [-0.39, 0.29) is 10.8 Å². The third kappa shape index (κ3) is 4.17. The minimum absolute atomic E-state index is 0.239. The van der Waals surface area contributed by atoms with E-state index >= 15 is 0 Å². The molecular formula is C19H19N3O4S. The highest BCUT2D eigenvalue weighted by Gasteiger charge is 2.17. The van der Waals surface area contributed by atoms with Crippen LogP contribution in [0.4, 0.5) is 11.4 Å². The molecule has 0 aliphatic heterocycles. The van der Waals surface area contributed by atoms with Gasteiger partial charge in [0, 0.05) is 11.4 Å². The lowest BCUT2D eigenvalue weighted by Gasteiger charge is -2.12. The molecule has 1 heterocycles. The molecule has 2 N–H and O–H groups in total. The highest BCUT2D eigenvalue weighted by molar-refractivity contribution is 7.92. The summed E-state index contributed by atoms with van der Waals surface area (Å²) in [6.45, 7) is 5.24. The lowest BCUT2D eigenvalue weighted by molar-refractivity contribution is 0.102. The molecule has 0 atom stereocenters. The van der Waals surface area contributed by atoms with Crippen LogP contribution in [0.2, 0.25) is 0 Å². The van der Waals surface area contributed by atoms with Gasteiger partial charge >= 0.3 is 0 Å². The normalized spacial score (nSPS) is 11.2. The van der Waals surface area contributed by atoms with Crippen molar-refractivity contribution in [3.63, 3.8) is 0 Å². The maximum Gasteiger partial charge on any atom is 0.262 e. The fourth-order valence-electron chi connectivity index (χ4n) is 2.54. The van der Waals surface area contributed by atoms with E-state index in [1.807, 2.05) is 13.0 Å². The van der Waals surface area contributed by atoms with Gasteiger partial charge in [0.25, 0.3) is 15.9 Å². The smallest absolute Gasteiger partial charge is 0.262 e. The van der Waals surface area contributed by atoms with Crippen LogP contribution in [-0.4, -0.2) is 19.5 Å². The number of aryl methyl sites for hydroxylation is 3. The molecule has 1 aromatic heterocycles. The Kier molecular flexibility index (Phi) is 5.00. The van der Waals surface area contributed by atoms with E-state index in [0.29, 0.717) is 28.3 Å². The van der Waals surface area contributed by atoms with Crippen LogP contribution < -0.4 is 10.0 Å². The van der Waals surface area contributed by atoms with E-state index in [2.05, 4.69) is 15.2 Å². The summed E-state index contributed by atoms with van der Waals surface area (Å²) >= 11 is 0. The van der Waals surface area contributed by atoms with Gasteiger partial charge in [-0.15, -0.1) is 0 Å². The number of nitrogens with zero attached hydrogens (tertiary/aromatic N) is 1. The van der Waals surface area contributed by atoms with Crippen LogP contribution in [0.5, 0.6) is 0 Å². The van der Waals surface area contributed by atoms with Crippen LogP contribution in [0.15, 0.2) is 58.1 Å². The van der Waals surface area contributed by atoms with E-state index < -0.39 is 10.0 Å². The lowest BCUT2D eigenvalue weighted by atomic mass is 10.2. The van der Waals surface area contributed by atoms with E-state index in [9.17, 15) is 13.2 Å². The third-order valence-corrected chi connectivity index (χ3v) is 5.55. The quantitative estimate of drug-likeness (QED) is 0.698. The SMILES string of the molecule is Cc1ccc(C)c(S(=O)(=O)Nc2ccc(NC(=O)c3cnoc3C)cc2)c1. The molecule has 2 aromatic carbocycles. The predicted molar refractivity (Wildman–Crippen MR) is 102 cm³/mol. The number of sulfonamides is 1. The first-order valence-electron chi connectivity index (χ1n) is 8.19. The van der Waals surface area contributed by atoms with Crippen molar-refractivity contribution in [1.82, 2.24) is 5.16 Å². The molecular weight excluding hydrogens is 366 g/mol. The van der Waals surface area contributed by atoms with Gasteiger partial charge in [-0.1, -0.05) is 17.3 Å². The molecule has 0 radical (unpaired) electrons. The summed E-state index contributed by atoms with van der Waals surface area (Å²) in [7, 11) is -3.70. The summed E-state index contributed by atoms with van der Waals surface area (Å²) in [6, 6.07) is 11.7. The number of aromatic nitrogens is 1. The van der Waals surface area contributed by atoms with Crippen molar-refractivity contribution in [3.8, 4) is 0 Å². The van der Waals surface area contributed by atoms with Crippen LogP contribution >= 0.6 is 0 Å². The Labute approximate surface area is 157 Å².